The van der Waals surface area contributed by atoms with E-state index in [0.717, 1.165) is 17.7 Å². The highest BCUT2D eigenvalue weighted by atomic mass is 32.1. The third-order valence-electron chi connectivity index (χ3n) is 4.36. The van der Waals surface area contributed by atoms with Crippen molar-refractivity contribution in [1.82, 2.24) is 25.0 Å². The Morgan fingerprint density at radius 2 is 2.23 bits per heavy atom. The van der Waals surface area contributed by atoms with Crippen molar-refractivity contribution >= 4 is 23.2 Å². The van der Waals surface area contributed by atoms with Crippen molar-refractivity contribution in [2.75, 3.05) is 13.2 Å². The molecule has 9 heteroatoms. The zero-order valence-electron chi connectivity index (χ0n) is 14.9. The van der Waals surface area contributed by atoms with E-state index in [-0.39, 0.29) is 31.0 Å². The van der Waals surface area contributed by atoms with Crippen molar-refractivity contribution < 1.29 is 14.7 Å². The van der Waals surface area contributed by atoms with Gasteiger partial charge in [-0.1, -0.05) is 0 Å². The van der Waals surface area contributed by atoms with E-state index >= 15 is 0 Å². The van der Waals surface area contributed by atoms with Gasteiger partial charge in [0.1, 0.15) is 19.2 Å². The van der Waals surface area contributed by atoms with Crippen molar-refractivity contribution in [1.29, 1.82) is 0 Å². The van der Waals surface area contributed by atoms with Gasteiger partial charge in [0, 0.05) is 11.4 Å². The molecule has 1 saturated heterocycles. The van der Waals surface area contributed by atoms with E-state index < -0.39 is 5.54 Å². The monoisotopic (exact) mass is 377 g/mol. The van der Waals surface area contributed by atoms with Crippen LogP contribution >= 0.6 is 11.3 Å². The lowest BCUT2D eigenvalue weighted by molar-refractivity contribution is -0.132. The van der Waals surface area contributed by atoms with Crippen LogP contribution in [0.5, 0.6) is 0 Å². The molecule has 1 atom stereocenters. The Kier molecular flexibility index (Phi) is 5.38. The second kappa shape index (κ2) is 7.55. The molecule has 0 spiro atoms. The molecule has 3 rings (SSSR count). The summed E-state index contributed by atoms with van der Waals surface area (Å²) in [7, 11) is 0. The highest BCUT2D eigenvalue weighted by Crippen LogP contribution is 2.36. The van der Waals surface area contributed by atoms with Crippen molar-refractivity contribution in [2.45, 2.75) is 44.8 Å². The normalized spacial score (nSPS) is 17.5. The first-order valence-corrected chi connectivity index (χ1v) is 9.36. The molecule has 0 bridgehead atoms. The van der Waals surface area contributed by atoms with Crippen LogP contribution < -0.4 is 5.32 Å². The zero-order chi connectivity index (χ0) is 18.7. The summed E-state index contributed by atoms with van der Waals surface area (Å²) in [6.07, 6.45) is 4.75. The molecule has 2 aromatic heterocycles. The highest BCUT2D eigenvalue weighted by Gasteiger charge is 2.32. The maximum atomic E-state index is 12.6. The number of carbonyl (C=O) groups is 2. The fourth-order valence-electron chi connectivity index (χ4n) is 2.97. The third-order valence-corrected chi connectivity index (χ3v) is 5.55. The van der Waals surface area contributed by atoms with Crippen LogP contribution in [0.4, 0.5) is 0 Å². The first-order valence-electron chi connectivity index (χ1n) is 8.54. The lowest BCUT2D eigenvalue weighted by Crippen LogP contribution is -2.46. The number of hydrogen-bond donors (Lipinski definition) is 2. The Morgan fingerprint density at radius 3 is 2.92 bits per heavy atom. The average molecular weight is 377 g/mol. The molecule has 1 fully saturated rings. The van der Waals surface area contributed by atoms with E-state index in [0.29, 0.717) is 11.4 Å². The van der Waals surface area contributed by atoms with Crippen LogP contribution in [0.1, 0.15) is 47.3 Å². The van der Waals surface area contributed by atoms with Crippen LogP contribution in [0, 0.1) is 0 Å². The number of nitrogens with one attached hydrogen (secondary N) is 1. The molecule has 1 aliphatic heterocycles. The summed E-state index contributed by atoms with van der Waals surface area (Å²) in [5.41, 5.74) is -0.672. The number of rotatable bonds is 6. The van der Waals surface area contributed by atoms with Crippen LogP contribution in [-0.4, -0.2) is 55.3 Å². The Labute approximate surface area is 155 Å². The number of thiophene rings is 1. The third kappa shape index (κ3) is 4.10. The number of aliphatic hydroxyl groups excluding tert-OH is 1. The number of aromatic nitrogens is 3. The molecule has 3 heterocycles. The van der Waals surface area contributed by atoms with Crippen LogP contribution in [0.15, 0.2) is 24.8 Å². The highest BCUT2D eigenvalue weighted by molar-refractivity contribution is 7.14. The topological polar surface area (TPSA) is 100 Å². The minimum absolute atomic E-state index is 0.00110. The number of aliphatic hydroxyl groups is 1. The first kappa shape index (κ1) is 18.5. The van der Waals surface area contributed by atoms with E-state index in [9.17, 15) is 14.7 Å². The Hall–Kier alpha value is -2.26. The van der Waals surface area contributed by atoms with Gasteiger partial charge in [0.25, 0.3) is 5.91 Å². The molecule has 0 aliphatic carbocycles. The summed E-state index contributed by atoms with van der Waals surface area (Å²) in [4.78, 5) is 32.3. The zero-order valence-corrected chi connectivity index (χ0v) is 15.7. The van der Waals surface area contributed by atoms with Crippen LogP contribution in [0.2, 0.25) is 0 Å². The quantitative estimate of drug-likeness (QED) is 0.788. The second-order valence-electron chi connectivity index (χ2n) is 7.04. The van der Waals surface area contributed by atoms with Crippen molar-refractivity contribution in [3.63, 3.8) is 0 Å². The minimum atomic E-state index is -0.672. The Balaban J connectivity index is 1.69. The molecule has 0 aromatic carbocycles. The lowest BCUT2D eigenvalue weighted by atomic mass is 10.1. The Bertz CT molecular complexity index is 771. The summed E-state index contributed by atoms with van der Waals surface area (Å²) in [6.45, 7) is 4.26. The summed E-state index contributed by atoms with van der Waals surface area (Å²) in [5, 5.41) is 16.1. The number of carbonyl (C=O) groups excluding carboxylic acids is 2. The van der Waals surface area contributed by atoms with E-state index in [2.05, 4.69) is 15.4 Å². The maximum Gasteiger partial charge on any atom is 0.261 e. The van der Waals surface area contributed by atoms with E-state index in [1.807, 2.05) is 11.0 Å². The summed E-state index contributed by atoms with van der Waals surface area (Å²) in [6, 6.07) is 3.68. The SMILES string of the molecule is CC(C)(CO)NC(=O)c1ccc([C@H]2CCCN2C(=O)Cn2cncn2)s1. The molecule has 2 aromatic rings. The first-order chi connectivity index (χ1) is 12.4. The van der Waals surface area contributed by atoms with Gasteiger partial charge < -0.3 is 15.3 Å². The van der Waals surface area contributed by atoms with E-state index in [1.54, 1.807) is 19.9 Å². The van der Waals surface area contributed by atoms with E-state index in [1.165, 1.54) is 28.7 Å². The fraction of sp³-hybridized carbons (Fsp3) is 0.529. The van der Waals surface area contributed by atoms with Gasteiger partial charge >= 0.3 is 0 Å². The summed E-state index contributed by atoms with van der Waals surface area (Å²) in [5.74, 6) is -0.211. The van der Waals surface area contributed by atoms with Gasteiger partial charge in [-0.25, -0.2) is 9.67 Å². The van der Waals surface area contributed by atoms with Gasteiger partial charge in [0.15, 0.2) is 0 Å². The van der Waals surface area contributed by atoms with Crippen LogP contribution in [0.3, 0.4) is 0 Å². The van der Waals surface area contributed by atoms with Gasteiger partial charge in [-0.15, -0.1) is 11.3 Å². The molecule has 1 aliphatic rings. The molecule has 8 nitrogen and oxygen atoms in total. The Morgan fingerprint density at radius 1 is 1.42 bits per heavy atom. The predicted molar refractivity (Wildman–Crippen MR) is 96.7 cm³/mol. The summed E-state index contributed by atoms with van der Waals surface area (Å²) < 4.78 is 1.52. The standard InChI is InChI=1S/C17H23N5O3S/c1-17(2,9-23)20-16(25)14-6-5-13(26-14)12-4-3-7-22(12)15(24)8-21-11-18-10-19-21/h5-6,10-12,23H,3-4,7-9H2,1-2H3,(H,20,25)/t12-/m1/s1. The van der Waals surface area contributed by atoms with Crippen molar-refractivity contribution in [2.24, 2.45) is 0 Å². The number of hydrogen-bond acceptors (Lipinski definition) is 6. The van der Waals surface area contributed by atoms with Crippen LogP contribution in [-0.2, 0) is 11.3 Å². The average Bonchev–Trinajstić information content (AvgIpc) is 3.34. The fourth-order valence-corrected chi connectivity index (χ4v) is 4.02. The molecule has 140 valence electrons. The minimum Gasteiger partial charge on any atom is -0.394 e. The maximum absolute atomic E-state index is 12.6. The molecule has 2 N–H and O–H groups in total. The van der Waals surface area contributed by atoms with E-state index in [4.69, 9.17) is 0 Å². The van der Waals surface area contributed by atoms with Gasteiger partial charge in [0.05, 0.1) is 23.1 Å². The molecule has 0 unspecified atom stereocenters. The van der Waals surface area contributed by atoms with Crippen molar-refractivity contribution in [3.8, 4) is 0 Å². The van der Waals surface area contributed by atoms with Crippen molar-refractivity contribution in [3.05, 3.63) is 34.5 Å². The lowest BCUT2D eigenvalue weighted by Gasteiger charge is -2.24. The molecule has 0 saturated carbocycles. The van der Waals surface area contributed by atoms with Gasteiger partial charge in [-0.3, -0.25) is 9.59 Å². The van der Waals surface area contributed by atoms with Gasteiger partial charge in [-0.2, -0.15) is 5.10 Å². The smallest absolute Gasteiger partial charge is 0.261 e. The largest absolute Gasteiger partial charge is 0.394 e. The number of nitrogens with zero attached hydrogens (tertiary/aromatic N) is 4. The summed E-state index contributed by atoms with van der Waals surface area (Å²) >= 11 is 1.40. The van der Waals surface area contributed by atoms with Crippen LogP contribution in [0.25, 0.3) is 0 Å². The second-order valence-corrected chi connectivity index (χ2v) is 8.15. The molecule has 0 radical (unpaired) electrons. The number of amides is 2. The predicted octanol–water partition coefficient (Wildman–Crippen LogP) is 1.20. The number of likely N-dealkylation sites (tertiary alicyclic amines) is 1. The molecular weight excluding hydrogens is 354 g/mol. The molecule has 2 amide bonds. The van der Waals surface area contributed by atoms with Gasteiger partial charge in [-0.05, 0) is 38.8 Å². The van der Waals surface area contributed by atoms with Gasteiger partial charge in [0.2, 0.25) is 5.91 Å². The molecular formula is C17H23N5O3S. The molecule has 26 heavy (non-hydrogen) atoms.